The van der Waals surface area contributed by atoms with Crippen molar-refractivity contribution in [1.82, 2.24) is 15.4 Å². The summed E-state index contributed by atoms with van der Waals surface area (Å²) in [7, 11) is 0. The third-order valence-electron chi connectivity index (χ3n) is 7.15. The number of fused-ring (bicyclic) bond motifs is 1. The SMILES string of the molecule is O=C(NO)C1CC(Oc2cnc3ccccc3c2)CCC1C(=O)N1CCN(c2ccccc2)CC1. The number of carbonyl (C=O) groups is 2. The summed E-state index contributed by atoms with van der Waals surface area (Å²) in [4.78, 5) is 34.6. The van der Waals surface area contributed by atoms with Gasteiger partial charge in [-0.2, -0.15) is 0 Å². The molecule has 0 spiro atoms. The van der Waals surface area contributed by atoms with Gasteiger partial charge in [0.2, 0.25) is 11.8 Å². The molecule has 8 heteroatoms. The van der Waals surface area contributed by atoms with Gasteiger partial charge >= 0.3 is 0 Å². The molecule has 35 heavy (non-hydrogen) atoms. The van der Waals surface area contributed by atoms with Crippen molar-refractivity contribution < 1.29 is 19.5 Å². The molecular formula is C27H30N4O4. The summed E-state index contributed by atoms with van der Waals surface area (Å²) in [6.45, 7) is 2.72. The summed E-state index contributed by atoms with van der Waals surface area (Å²) >= 11 is 0. The molecule has 2 amide bonds. The average molecular weight is 475 g/mol. The molecule has 0 radical (unpaired) electrons. The van der Waals surface area contributed by atoms with Crippen molar-refractivity contribution >= 4 is 28.4 Å². The molecule has 5 rings (SSSR count). The van der Waals surface area contributed by atoms with Gasteiger partial charge in [-0.15, -0.1) is 0 Å². The minimum atomic E-state index is -0.646. The molecular weight excluding hydrogens is 444 g/mol. The van der Waals surface area contributed by atoms with Gasteiger partial charge in [0, 0.05) is 37.3 Å². The topological polar surface area (TPSA) is 95.0 Å². The van der Waals surface area contributed by atoms with Crippen LogP contribution in [0.5, 0.6) is 5.75 Å². The number of hydroxylamine groups is 1. The normalized spacial score (nSPS) is 22.6. The zero-order valence-electron chi connectivity index (χ0n) is 19.5. The number of rotatable bonds is 5. The first-order valence-corrected chi connectivity index (χ1v) is 12.2. The van der Waals surface area contributed by atoms with Crippen LogP contribution in [0.25, 0.3) is 10.9 Å². The lowest BCUT2D eigenvalue weighted by Crippen LogP contribution is -2.53. The van der Waals surface area contributed by atoms with Crippen molar-refractivity contribution in [2.24, 2.45) is 11.8 Å². The fourth-order valence-electron chi connectivity index (χ4n) is 5.27. The maximum atomic E-state index is 13.4. The monoisotopic (exact) mass is 474 g/mol. The number of nitrogens with one attached hydrogen (secondary N) is 1. The van der Waals surface area contributed by atoms with Crippen LogP contribution in [0.4, 0.5) is 5.69 Å². The van der Waals surface area contributed by atoms with E-state index in [1.807, 2.05) is 53.4 Å². The predicted octanol–water partition coefficient (Wildman–Crippen LogP) is 3.25. The van der Waals surface area contributed by atoms with Crippen LogP contribution in [-0.4, -0.2) is 59.2 Å². The van der Waals surface area contributed by atoms with Crippen molar-refractivity contribution in [3.8, 4) is 5.75 Å². The molecule has 1 aliphatic carbocycles. The van der Waals surface area contributed by atoms with Gasteiger partial charge in [-0.1, -0.05) is 36.4 Å². The molecule has 3 unspecified atom stereocenters. The highest BCUT2D eigenvalue weighted by molar-refractivity contribution is 5.87. The van der Waals surface area contributed by atoms with Crippen molar-refractivity contribution in [2.45, 2.75) is 25.4 Å². The Morgan fingerprint density at radius 1 is 0.943 bits per heavy atom. The molecule has 2 aliphatic rings. The first-order valence-electron chi connectivity index (χ1n) is 12.2. The number of piperazine rings is 1. The molecule has 2 N–H and O–H groups in total. The van der Waals surface area contributed by atoms with Crippen LogP contribution >= 0.6 is 0 Å². The van der Waals surface area contributed by atoms with Gasteiger partial charge in [-0.25, -0.2) is 5.48 Å². The van der Waals surface area contributed by atoms with E-state index in [-0.39, 0.29) is 12.0 Å². The van der Waals surface area contributed by atoms with Gasteiger partial charge < -0.3 is 14.5 Å². The average Bonchev–Trinajstić information content (AvgIpc) is 2.92. The van der Waals surface area contributed by atoms with E-state index in [4.69, 9.17) is 4.74 Å². The van der Waals surface area contributed by atoms with Gasteiger partial charge in [0.05, 0.1) is 29.7 Å². The molecule has 2 aromatic carbocycles. The van der Waals surface area contributed by atoms with Crippen LogP contribution in [0, 0.1) is 11.8 Å². The van der Waals surface area contributed by atoms with Crippen LogP contribution in [0.15, 0.2) is 66.9 Å². The highest BCUT2D eigenvalue weighted by atomic mass is 16.5. The molecule has 182 valence electrons. The smallest absolute Gasteiger partial charge is 0.247 e. The van der Waals surface area contributed by atoms with Crippen LogP contribution in [0.3, 0.4) is 0 Å². The fraction of sp³-hybridized carbons (Fsp3) is 0.370. The molecule has 1 aliphatic heterocycles. The molecule has 0 bridgehead atoms. The number of carbonyl (C=O) groups excluding carboxylic acids is 2. The second kappa shape index (κ2) is 10.3. The van der Waals surface area contributed by atoms with Crippen LogP contribution in [-0.2, 0) is 9.59 Å². The standard InChI is InChI=1S/C27H30N4O4/c32-26(29-34)24-17-21(35-22-16-19-6-4-5-9-25(19)28-18-22)10-11-23(24)27(33)31-14-12-30(13-15-31)20-7-2-1-3-8-20/h1-9,16,18,21,23-24,34H,10-15,17H2,(H,29,32). The lowest BCUT2D eigenvalue weighted by atomic mass is 9.76. The molecule has 2 fully saturated rings. The summed E-state index contributed by atoms with van der Waals surface area (Å²) in [5.74, 6) is -1.03. The Morgan fingerprint density at radius 2 is 1.69 bits per heavy atom. The summed E-state index contributed by atoms with van der Waals surface area (Å²) in [6.07, 6.45) is 3.00. The number of ether oxygens (including phenoxy) is 1. The van der Waals surface area contributed by atoms with Gasteiger partial charge in [0.25, 0.3) is 0 Å². The molecule has 1 saturated heterocycles. The summed E-state index contributed by atoms with van der Waals surface area (Å²) < 4.78 is 6.17. The Bertz CT molecular complexity index is 1180. The van der Waals surface area contributed by atoms with Crippen molar-refractivity contribution in [1.29, 1.82) is 0 Å². The summed E-state index contributed by atoms with van der Waals surface area (Å²) in [5, 5.41) is 10.3. The molecule has 2 heterocycles. The largest absolute Gasteiger partial charge is 0.489 e. The Balaban J connectivity index is 1.23. The number of aromatic nitrogens is 1. The van der Waals surface area contributed by atoms with Gasteiger partial charge in [0.15, 0.2) is 0 Å². The van der Waals surface area contributed by atoms with E-state index in [1.165, 1.54) is 0 Å². The number of benzene rings is 2. The number of pyridine rings is 1. The van der Waals surface area contributed by atoms with E-state index in [9.17, 15) is 14.8 Å². The predicted molar refractivity (Wildman–Crippen MR) is 132 cm³/mol. The highest BCUT2D eigenvalue weighted by Gasteiger charge is 2.42. The number of hydrogen-bond acceptors (Lipinski definition) is 6. The molecule has 3 aromatic rings. The van der Waals surface area contributed by atoms with Crippen LogP contribution in [0.1, 0.15) is 19.3 Å². The van der Waals surface area contributed by atoms with Crippen LogP contribution < -0.4 is 15.1 Å². The molecule has 3 atom stereocenters. The lowest BCUT2D eigenvalue weighted by molar-refractivity contribution is -0.148. The zero-order valence-corrected chi connectivity index (χ0v) is 19.5. The first-order chi connectivity index (χ1) is 17.1. The minimum absolute atomic E-state index is 0.0165. The summed E-state index contributed by atoms with van der Waals surface area (Å²) in [5.41, 5.74) is 3.81. The number of nitrogens with zero attached hydrogens (tertiary/aromatic N) is 3. The Kier molecular flexibility index (Phi) is 6.81. The van der Waals surface area contributed by atoms with Crippen LogP contribution in [0.2, 0.25) is 0 Å². The van der Waals surface area contributed by atoms with Crippen molar-refractivity contribution in [2.75, 3.05) is 31.1 Å². The van der Waals surface area contributed by atoms with Gasteiger partial charge in [-0.3, -0.25) is 19.8 Å². The summed E-state index contributed by atoms with van der Waals surface area (Å²) in [6, 6.07) is 19.9. The van der Waals surface area contributed by atoms with E-state index >= 15 is 0 Å². The van der Waals surface area contributed by atoms with Gasteiger partial charge in [0.1, 0.15) is 5.75 Å². The lowest BCUT2D eigenvalue weighted by Gasteiger charge is -2.40. The number of para-hydroxylation sites is 2. The van der Waals surface area contributed by atoms with Crippen molar-refractivity contribution in [3.05, 3.63) is 66.9 Å². The Labute approximate surface area is 204 Å². The molecule has 1 saturated carbocycles. The van der Waals surface area contributed by atoms with Crippen molar-refractivity contribution in [3.63, 3.8) is 0 Å². The fourth-order valence-corrected chi connectivity index (χ4v) is 5.27. The zero-order chi connectivity index (χ0) is 24.2. The number of hydrogen-bond donors (Lipinski definition) is 2. The highest BCUT2D eigenvalue weighted by Crippen LogP contribution is 2.35. The maximum Gasteiger partial charge on any atom is 0.247 e. The third kappa shape index (κ3) is 5.07. The maximum absolute atomic E-state index is 13.4. The molecule has 8 nitrogen and oxygen atoms in total. The number of amides is 2. The quantitative estimate of drug-likeness (QED) is 0.436. The Morgan fingerprint density at radius 3 is 2.46 bits per heavy atom. The molecule has 1 aromatic heterocycles. The Hall–Kier alpha value is -3.65. The van der Waals surface area contributed by atoms with E-state index in [1.54, 1.807) is 11.7 Å². The third-order valence-corrected chi connectivity index (χ3v) is 7.15. The van der Waals surface area contributed by atoms with E-state index in [0.29, 0.717) is 38.1 Å². The van der Waals surface area contributed by atoms with E-state index < -0.39 is 17.7 Å². The van der Waals surface area contributed by atoms with Gasteiger partial charge in [-0.05, 0) is 43.5 Å². The second-order valence-corrected chi connectivity index (χ2v) is 9.25. The van der Waals surface area contributed by atoms with E-state index in [2.05, 4.69) is 22.0 Å². The number of anilines is 1. The minimum Gasteiger partial charge on any atom is -0.489 e. The van der Waals surface area contributed by atoms with E-state index in [0.717, 1.165) is 29.7 Å². The first kappa shape index (κ1) is 23.1. The second-order valence-electron chi connectivity index (χ2n) is 9.25.